The SMILES string of the molecule is O=P([O-])([O-])c1ccccc1-c1ccccc1.O=P([O-])([O-])c1ccccc1-c1ccccc1.O=P([O-])([O-])c1ccccc1-c1ccccc1.[Nd+3].[Nd+3]. The van der Waals surface area contributed by atoms with Crippen LogP contribution in [0.25, 0.3) is 33.4 Å². The van der Waals surface area contributed by atoms with E-state index in [1.54, 1.807) is 127 Å². The second kappa shape index (κ2) is 20.6. The van der Waals surface area contributed by atoms with Gasteiger partial charge in [-0.25, -0.2) is 0 Å². The summed E-state index contributed by atoms with van der Waals surface area (Å²) < 4.78 is 33.3. The van der Waals surface area contributed by atoms with Crippen LogP contribution in [0.5, 0.6) is 0 Å². The molecule has 6 aromatic carbocycles. The Morgan fingerprint density at radius 2 is 0.460 bits per heavy atom. The predicted molar refractivity (Wildman–Crippen MR) is 177 cm³/mol. The van der Waals surface area contributed by atoms with Crippen molar-refractivity contribution in [2.24, 2.45) is 0 Å². The molecule has 0 aliphatic carbocycles. The van der Waals surface area contributed by atoms with E-state index in [-0.39, 0.29) is 97.6 Å². The van der Waals surface area contributed by atoms with Gasteiger partial charge in [-0.05, 0) is 72.1 Å². The standard InChI is InChI=1S/3C12H11O3P.2Nd/c3*13-16(14,15)12-9-5-4-8-11(12)10-6-2-1-3-7-10;;/h3*1-9H,(H2,13,14,15);;/q;;;2*+3/p-6. The van der Waals surface area contributed by atoms with Crippen LogP contribution in [-0.4, -0.2) is 0 Å². The van der Waals surface area contributed by atoms with Gasteiger partial charge >= 0.3 is 81.7 Å². The van der Waals surface area contributed by atoms with Gasteiger partial charge in [-0.1, -0.05) is 164 Å². The monoisotopic (exact) mass is 980 g/mol. The Hall–Kier alpha value is -1.53. The quantitative estimate of drug-likeness (QED) is 0.226. The van der Waals surface area contributed by atoms with Gasteiger partial charge in [0.2, 0.25) is 0 Å². The Balaban J connectivity index is 0.000000255. The molecule has 0 unspecified atom stereocenters. The maximum Gasteiger partial charge on any atom is 3.00 e. The fraction of sp³-hybridized carbons (Fsp3) is 0. The van der Waals surface area contributed by atoms with Gasteiger partial charge in [0.05, 0.1) is 0 Å². The zero-order valence-electron chi connectivity index (χ0n) is 26.1. The Morgan fingerprint density at radius 1 is 0.280 bits per heavy atom. The largest absolute Gasteiger partial charge is 3.00 e. The third-order valence-corrected chi connectivity index (χ3v) is 9.79. The molecule has 0 bridgehead atoms. The van der Waals surface area contributed by atoms with Gasteiger partial charge in [0.15, 0.2) is 0 Å². The third kappa shape index (κ3) is 13.2. The molecule has 50 heavy (non-hydrogen) atoms. The molecule has 2 radical (unpaired) electrons. The summed E-state index contributed by atoms with van der Waals surface area (Å²) in [5.41, 5.74) is 3.55. The summed E-state index contributed by atoms with van der Waals surface area (Å²) >= 11 is 0. The summed E-state index contributed by atoms with van der Waals surface area (Å²) in [6.45, 7) is 0. The van der Waals surface area contributed by atoms with Crippen LogP contribution < -0.4 is 45.3 Å². The minimum atomic E-state index is -4.72. The van der Waals surface area contributed by atoms with Crippen LogP contribution in [0.1, 0.15) is 0 Å². The summed E-state index contributed by atoms with van der Waals surface area (Å²) in [7, 11) is -14.2. The average Bonchev–Trinajstić information content (AvgIpc) is 3.09. The van der Waals surface area contributed by atoms with Crippen LogP contribution >= 0.6 is 22.8 Å². The van der Waals surface area contributed by atoms with Crippen molar-refractivity contribution in [1.82, 2.24) is 0 Å². The van der Waals surface area contributed by atoms with Gasteiger partial charge in [0.25, 0.3) is 0 Å². The molecule has 0 atom stereocenters. The second-order valence-electron chi connectivity index (χ2n) is 10.1. The van der Waals surface area contributed by atoms with Crippen LogP contribution in [0.15, 0.2) is 164 Å². The van der Waals surface area contributed by atoms with Crippen molar-refractivity contribution in [3.05, 3.63) is 164 Å². The second-order valence-corrected chi connectivity index (χ2v) is 14.6. The summed E-state index contributed by atoms with van der Waals surface area (Å²) in [4.78, 5) is 66.6. The van der Waals surface area contributed by atoms with Crippen molar-refractivity contribution in [2.45, 2.75) is 0 Å². The van der Waals surface area contributed by atoms with Crippen LogP contribution in [0.2, 0.25) is 0 Å². The zero-order valence-corrected chi connectivity index (χ0v) is 35.2. The molecule has 0 aliphatic heterocycles. The first-order valence-electron chi connectivity index (χ1n) is 14.3. The van der Waals surface area contributed by atoms with Crippen LogP contribution in [0.3, 0.4) is 0 Å². The van der Waals surface area contributed by atoms with Crippen molar-refractivity contribution in [3.63, 3.8) is 0 Å². The third-order valence-electron chi connectivity index (χ3n) is 6.85. The molecule has 0 fully saturated rings. The molecule has 0 N–H and O–H groups in total. The molecule has 0 heterocycles. The van der Waals surface area contributed by atoms with E-state index in [0.29, 0.717) is 16.7 Å². The summed E-state index contributed by atoms with van der Waals surface area (Å²) in [6, 6.07) is 45.6. The van der Waals surface area contributed by atoms with E-state index in [1.165, 1.54) is 18.2 Å². The average molecular weight is 985 g/mol. The Morgan fingerprint density at radius 3 is 0.660 bits per heavy atom. The van der Waals surface area contributed by atoms with E-state index in [9.17, 15) is 43.1 Å². The van der Waals surface area contributed by atoms with Gasteiger partial charge in [-0.2, -0.15) is 0 Å². The number of hydrogen-bond donors (Lipinski definition) is 0. The molecule has 0 saturated heterocycles. The predicted octanol–water partition coefficient (Wildman–Crippen LogP) is 2.68. The fourth-order valence-electron chi connectivity index (χ4n) is 4.72. The van der Waals surface area contributed by atoms with Crippen LogP contribution in [0, 0.1) is 81.7 Å². The number of rotatable bonds is 6. The molecular formula is C36H27Nd2O9P3. The minimum Gasteiger partial charge on any atom is -0.807 e. The molecule has 6 aromatic rings. The van der Waals surface area contributed by atoms with Crippen molar-refractivity contribution >= 4 is 38.7 Å². The molecule has 9 nitrogen and oxygen atoms in total. The fourth-order valence-corrected chi connectivity index (χ4v) is 7.02. The Labute approximate surface area is 356 Å². The number of benzene rings is 6. The molecule has 0 aromatic heterocycles. The normalized spacial score (nSPS) is 10.9. The Kier molecular flexibility index (Phi) is 18.4. The zero-order chi connectivity index (χ0) is 34.8. The first-order chi connectivity index (χ1) is 22.8. The smallest absolute Gasteiger partial charge is 0.807 e. The van der Waals surface area contributed by atoms with Crippen molar-refractivity contribution in [1.29, 1.82) is 0 Å². The van der Waals surface area contributed by atoms with E-state index < -0.39 is 22.8 Å². The van der Waals surface area contributed by atoms with Crippen molar-refractivity contribution < 1.29 is 125 Å². The topological polar surface area (TPSA) is 190 Å². The summed E-state index contributed by atoms with van der Waals surface area (Å²) in [5.74, 6) is 0. The van der Waals surface area contributed by atoms with Crippen LogP contribution in [-0.2, 0) is 13.7 Å². The maximum atomic E-state index is 11.1. The minimum absolute atomic E-state index is 0. The summed E-state index contributed by atoms with van der Waals surface area (Å²) in [5, 5.41) is -0.455. The van der Waals surface area contributed by atoms with Crippen molar-refractivity contribution in [3.8, 4) is 33.4 Å². The molecule has 0 aliphatic rings. The van der Waals surface area contributed by atoms with Gasteiger partial charge in [-0.3, -0.25) is 0 Å². The van der Waals surface area contributed by atoms with Gasteiger partial charge in [0.1, 0.15) is 0 Å². The molecule has 248 valence electrons. The molecule has 0 spiro atoms. The Bertz CT molecular complexity index is 1850. The first-order valence-corrected chi connectivity index (χ1v) is 18.9. The van der Waals surface area contributed by atoms with Crippen molar-refractivity contribution in [2.75, 3.05) is 0 Å². The van der Waals surface area contributed by atoms with E-state index in [0.717, 1.165) is 16.7 Å². The van der Waals surface area contributed by atoms with E-state index in [4.69, 9.17) is 0 Å². The van der Waals surface area contributed by atoms with E-state index in [1.807, 2.05) is 18.2 Å². The maximum absolute atomic E-state index is 11.1. The molecule has 6 rings (SSSR count). The first kappa shape index (κ1) is 44.6. The van der Waals surface area contributed by atoms with Gasteiger partial charge in [-0.15, -0.1) is 0 Å². The van der Waals surface area contributed by atoms with Crippen LogP contribution in [0.4, 0.5) is 0 Å². The van der Waals surface area contributed by atoms with E-state index >= 15 is 0 Å². The molecule has 0 saturated carbocycles. The molecular weight excluding hydrogens is 958 g/mol. The van der Waals surface area contributed by atoms with Gasteiger partial charge in [0, 0.05) is 0 Å². The molecule has 0 amide bonds. The summed E-state index contributed by atoms with van der Waals surface area (Å²) in [6.07, 6.45) is 0. The number of hydrogen-bond acceptors (Lipinski definition) is 9. The van der Waals surface area contributed by atoms with Gasteiger partial charge < -0.3 is 43.1 Å². The van der Waals surface area contributed by atoms with E-state index in [2.05, 4.69) is 0 Å². The molecule has 14 heteroatoms.